The number of para-hydroxylation sites is 1. The second-order valence-corrected chi connectivity index (χ2v) is 8.96. The molecule has 1 aromatic carbocycles. The van der Waals surface area contributed by atoms with Gasteiger partial charge in [-0.15, -0.1) is 0 Å². The maximum atomic E-state index is 13.2. The molecule has 1 aliphatic heterocycles. The summed E-state index contributed by atoms with van der Waals surface area (Å²) in [6, 6.07) is 10.2. The van der Waals surface area contributed by atoms with E-state index in [-0.39, 0.29) is 23.9 Å². The molecule has 1 fully saturated rings. The van der Waals surface area contributed by atoms with Gasteiger partial charge in [0.25, 0.3) is 0 Å². The lowest BCUT2D eigenvalue weighted by atomic mass is 10.2. The van der Waals surface area contributed by atoms with Gasteiger partial charge in [-0.3, -0.25) is 4.98 Å². The van der Waals surface area contributed by atoms with Gasteiger partial charge in [-0.05, 0) is 31.5 Å². The van der Waals surface area contributed by atoms with Crippen LogP contribution in [0.15, 0.2) is 53.6 Å². The fourth-order valence-corrected chi connectivity index (χ4v) is 5.04. The molecule has 158 valence electrons. The molecular formula is C20H18F3N3O3S. The summed E-state index contributed by atoms with van der Waals surface area (Å²) in [7, 11) is -3.85. The molecule has 0 radical (unpaired) electrons. The van der Waals surface area contributed by atoms with Crippen LogP contribution in [0.1, 0.15) is 17.7 Å². The van der Waals surface area contributed by atoms with Crippen molar-refractivity contribution in [2.24, 2.45) is 0 Å². The van der Waals surface area contributed by atoms with Gasteiger partial charge in [0, 0.05) is 29.9 Å². The second-order valence-electron chi connectivity index (χ2n) is 7.05. The van der Waals surface area contributed by atoms with Crippen molar-refractivity contribution in [3.63, 3.8) is 0 Å². The van der Waals surface area contributed by atoms with Crippen molar-refractivity contribution in [1.29, 1.82) is 0 Å². The Kier molecular flexibility index (Phi) is 5.15. The van der Waals surface area contributed by atoms with E-state index in [0.717, 1.165) is 18.3 Å². The minimum absolute atomic E-state index is 0.0163. The number of alkyl halides is 3. The number of halogens is 3. The summed E-state index contributed by atoms with van der Waals surface area (Å²) in [6.07, 6.45) is -3.74. The summed E-state index contributed by atoms with van der Waals surface area (Å²) in [6.45, 7) is 1.99. The van der Waals surface area contributed by atoms with E-state index < -0.39 is 27.9 Å². The fraction of sp³-hybridized carbons (Fsp3) is 0.300. The largest absolute Gasteiger partial charge is 0.473 e. The first-order valence-corrected chi connectivity index (χ1v) is 10.6. The number of fused-ring (bicyclic) bond motifs is 1. The molecule has 1 atom stereocenters. The molecule has 0 spiro atoms. The predicted molar refractivity (Wildman–Crippen MR) is 104 cm³/mol. The average Bonchev–Trinajstić information content (AvgIpc) is 3.16. The van der Waals surface area contributed by atoms with Gasteiger partial charge in [0.15, 0.2) is 0 Å². The maximum Gasteiger partial charge on any atom is 0.416 e. The van der Waals surface area contributed by atoms with E-state index in [1.54, 1.807) is 25.1 Å². The standard InChI is InChI=1S/C20H18F3N3O3S/c1-13-5-6-14-3-2-4-17(19(14)25-13)30(27,28)26-10-8-16(12-26)29-18-11-15(7-9-24-18)20(21,22)23/h2-7,9,11,16H,8,10,12H2,1H3. The number of rotatable bonds is 4. The Morgan fingerprint density at radius 1 is 1.17 bits per heavy atom. The van der Waals surface area contributed by atoms with Crippen molar-refractivity contribution in [2.45, 2.75) is 30.5 Å². The van der Waals surface area contributed by atoms with Gasteiger partial charge < -0.3 is 4.74 Å². The first-order chi connectivity index (χ1) is 14.1. The lowest BCUT2D eigenvalue weighted by Gasteiger charge is -2.18. The maximum absolute atomic E-state index is 13.2. The SMILES string of the molecule is Cc1ccc2cccc(S(=O)(=O)N3CCC(Oc4cc(C(F)(F)F)ccn4)C3)c2n1. The average molecular weight is 437 g/mol. The van der Waals surface area contributed by atoms with Crippen LogP contribution in [0.25, 0.3) is 10.9 Å². The number of ether oxygens (including phenoxy) is 1. The van der Waals surface area contributed by atoms with E-state index in [1.807, 2.05) is 6.07 Å². The van der Waals surface area contributed by atoms with Gasteiger partial charge >= 0.3 is 6.18 Å². The summed E-state index contributed by atoms with van der Waals surface area (Å²) in [5.41, 5.74) is 0.219. The molecule has 4 rings (SSSR count). The number of sulfonamides is 1. The minimum atomic E-state index is -4.51. The quantitative estimate of drug-likeness (QED) is 0.621. The van der Waals surface area contributed by atoms with Crippen molar-refractivity contribution in [3.8, 4) is 5.88 Å². The Bertz CT molecular complexity index is 1200. The van der Waals surface area contributed by atoms with Crippen LogP contribution in [-0.2, 0) is 16.2 Å². The topological polar surface area (TPSA) is 72.4 Å². The van der Waals surface area contributed by atoms with Crippen LogP contribution >= 0.6 is 0 Å². The zero-order valence-corrected chi connectivity index (χ0v) is 16.7. The number of benzene rings is 1. The number of aryl methyl sites for hydroxylation is 1. The summed E-state index contributed by atoms with van der Waals surface area (Å²) in [5, 5.41) is 0.710. The van der Waals surface area contributed by atoms with Crippen LogP contribution in [0.4, 0.5) is 13.2 Å². The van der Waals surface area contributed by atoms with E-state index in [0.29, 0.717) is 23.0 Å². The molecule has 6 nitrogen and oxygen atoms in total. The van der Waals surface area contributed by atoms with Crippen molar-refractivity contribution >= 4 is 20.9 Å². The monoisotopic (exact) mass is 437 g/mol. The number of aromatic nitrogens is 2. The zero-order chi connectivity index (χ0) is 21.5. The van der Waals surface area contributed by atoms with Crippen LogP contribution in [0.2, 0.25) is 0 Å². The Morgan fingerprint density at radius 2 is 1.97 bits per heavy atom. The van der Waals surface area contributed by atoms with Crippen molar-refractivity contribution < 1.29 is 26.3 Å². The van der Waals surface area contributed by atoms with Crippen molar-refractivity contribution in [2.75, 3.05) is 13.1 Å². The highest BCUT2D eigenvalue weighted by Gasteiger charge is 2.36. The molecule has 0 amide bonds. The number of hydrogen-bond acceptors (Lipinski definition) is 5. The van der Waals surface area contributed by atoms with E-state index >= 15 is 0 Å². The first kappa shape index (κ1) is 20.5. The Hall–Kier alpha value is -2.72. The van der Waals surface area contributed by atoms with Gasteiger partial charge in [0.1, 0.15) is 11.0 Å². The van der Waals surface area contributed by atoms with E-state index in [4.69, 9.17) is 4.74 Å². The van der Waals surface area contributed by atoms with Gasteiger partial charge in [-0.25, -0.2) is 13.4 Å². The second kappa shape index (κ2) is 7.51. The minimum Gasteiger partial charge on any atom is -0.473 e. The third-order valence-electron chi connectivity index (χ3n) is 4.90. The Labute approximate surface area is 171 Å². The first-order valence-electron chi connectivity index (χ1n) is 9.21. The molecule has 0 bridgehead atoms. The summed E-state index contributed by atoms with van der Waals surface area (Å²) in [4.78, 5) is 8.29. The van der Waals surface area contributed by atoms with Crippen LogP contribution in [0.5, 0.6) is 5.88 Å². The highest BCUT2D eigenvalue weighted by Crippen LogP contribution is 2.32. The molecule has 2 aromatic heterocycles. The lowest BCUT2D eigenvalue weighted by Crippen LogP contribution is -2.31. The number of hydrogen-bond donors (Lipinski definition) is 0. The molecule has 10 heteroatoms. The van der Waals surface area contributed by atoms with Gasteiger partial charge in [0.05, 0.1) is 17.6 Å². The third kappa shape index (κ3) is 3.97. The molecular weight excluding hydrogens is 419 g/mol. The smallest absolute Gasteiger partial charge is 0.416 e. The molecule has 1 aliphatic rings. The highest BCUT2D eigenvalue weighted by atomic mass is 32.2. The van der Waals surface area contributed by atoms with Gasteiger partial charge in [0.2, 0.25) is 15.9 Å². The molecule has 1 unspecified atom stereocenters. The fourth-order valence-electron chi connectivity index (χ4n) is 3.40. The highest BCUT2D eigenvalue weighted by molar-refractivity contribution is 7.89. The molecule has 0 N–H and O–H groups in total. The Balaban J connectivity index is 1.56. The normalized spacial score (nSPS) is 18.1. The van der Waals surface area contributed by atoms with Crippen molar-refractivity contribution in [1.82, 2.24) is 14.3 Å². The summed E-state index contributed by atoms with van der Waals surface area (Å²) in [5.74, 6) is -0.184. The molecule has 3 aromatic rings. The molecule has 30 heavy (non-hydrogen) atoms. The number of pyridine rings is 2. The van der Waals surface area contributed by atoms with E-state index in [1.165, 1.54) is 10.4 Å². The Morgan fingerprint density at radius 3 is 2.73 bits per heavy atom. The summed E-state index contributed by atoms with van der Waals surface area (Å²) < 4.78 is 71.8. The van der Waals surface area contributed by atoms with Crippen molar-refractivity contribution in [3.05, 3.63) is 59.9 Å². The van der Waals surface area contributed by atoms with Crippen LogP contribution in [-0.4, -0.2) is 41.9 Å². The third-order valence-corrected chi connectivity index (χ3v) is 6.79. The predicted octanol–water partition coefficient (Wildman–Crippen LogP) is 3.80. The van der Waals surface area contributed by atoms with E-state index in [2.05, 4.69) is 9.97 Å². The van der Waals surface area contributed by atoms with Crippen LogP contribution < -0.4 is 4.74 Å². The molecule has 1 saturated heterocycles. The lowest BCUT2D eigenvalue weighted by molar-refractivity contribution is -0.137. The number of nitrogens with zero attached hydrogens (tertiary/aromatic N) is 3. The van der Waals surface area contributed by atoms with Crippen LogP contribution in [0.3, 0.4) is 0 Å². The van der Waals surface area contributed by atoms with Gasteiger partial charge in [-0.1, -0.05) is 18.2 Å². The van der Waals surface area contributed by atoms with Gasteiger partial charge in [-0.2, -0.15) is 17.5 Å². The zero-order valence-electron chi connectivity index (χ0n) is 15.9. The summed E-state index contributed by atoms with van der Waals surface area (Å²) >= 11 is 0. The van der Waals surface area contributed by atoms with E-state index in [9.17, 15) is 21.6 Å². The van der Waals surface area contributed by atoms with Crippen LogP contribution in [0, 0.1) is 6.92 Å². The molecule has 0 saturated carbocycles. The molecule has 0 aliphatic carbocycles. The molecule has 3 heterocycles.